The monoisotopic (exact) mass is 429 g/mol. The first-order valence-electron chi connectivity index (χ1n) is 9.82. The van der Waals surface area contributed by atoms with Gasteiger partial charge in [-0.15, -0.1) is 0 Å². The number of anilines is 1. The maximum Gasteiger partial charge on any atom is 0.337 e. The average Bonchev–Trinajstić information content (AvgIpc) is 3.09. The highest BCUT2D eigenvalue weighted by molar-refractivity contribution is 6.09. The topological polar surface area (TPSA) is 93.4 Å². The number of nitrogens with one attached hydrogen (secondary N) is 1. The standard InChI is InChI=1S/C25H23N3O4/c1-16-13-19(17(2)28(16)22-9-5-18(6-10-22)25(30)32-4)14-20(15-26)24(29)27-21-7-11-23(31-3)12-8-21/h5-14H,1-4H3,(H,27,29)/b20-14+. The Labute approximate surface area is 186 Å². The Balaban J connectivity index is 1.87. The molecule has 1 amide bonds. The molecule has 0 radical (unpaired) electrons. The molecule has 0 aliphatic heterocycles. The van der Waals surface area contributed by atoms with E-state index in [0.29, 0.717) is 17.0 Å². The van der Waals surface area contributed by atoms with Crippen LogP contribution in [0, 0.1) is 25.2 Å². The lowest BCUT2D eigenvalue weighted by atomic mass is 10.1. The minimum atomic E-state index is -0.495. The average molecular weight is 429 g/mol. The second-order valence-electron chi connectivity index (χ2n) is 7.05. The molecule has 1 N–H and O–H groups in total. The fraction of sp³-hybridized carbons (Fsp3) is 0.160. The van der Waals surface area contributed by atoms with Gasteiger partial charge in [0.2, 0.25) is 0 Å². The lowest BCUT2D eigenvalue weighted by Crippen LogP contribution is -2.13. The molecule has 32 heavy (non-hydrogen) atoms. The third-order valence-electron chi connectivity index (χ3n) is 5.03. The van der Waals surface area contributed by atoms with E-state index in [1.54, 1.807) is 49.6 Å². The zero-order valence-corrected chi connectivity index (χ0v) is 18.3. The van der Waals surface area contributed by atoms with E-state index >= 15 is 0 Å². The molecule has 0 spiro atoms. The van der Waals surface area contributed by atoms with Crippen LogP contribution in [0.3, 0.4) is 0 Å². The van der Waals surface area contributed by atoms with E-state index in [1.807, 2.05) is 42.7 Å². The summed E-state index contributed by atoms with van der Waals surface area (Å²) in [5.74, 6) is -0.223. The summed E-state index contributed by atoms with van der Waals surface area (Å²) >= 11 is 0. The second-order valence-corrected chi connectivity index (χ2v) is 7.05. The molecule has 3 aromatic rings. The molecule has 0 saturated carbocycles. The van der Waals surface area contributed by atoms with Gasteiger partial charge in [-0.2, -0.15) is 5.26 Å². The summed E-state index contributed by atoms with van der Waals surface area (Å²) in [6.07, 6.45) is 1.57. The van der Waals surface area contributed by atoms with Crippen LogP contribution in [0.15, 0.2) is 60.2 Å². The van der Waals surface area contributed by atoms with Gasteiger partial charge >= 0.3 is 5.97 Å². The molecule has 2 aromatic carbocycles. The van der Waals surface area contributed by atoms with Gasteiger partial charge in [-0.1, -0.05) is 0 Å². The van der Waals surface area contributed by atoms with Crippen molar-refractivity contribution in [1.82, 2.24) is 4.57 Å². The van der Waals surface area contributed by atoms with E-state index in [0.717, 1.165) is 22.6 Å². The summed E-state index contributed by atoms with van der Waals surface area (Å²) < 4.78 is 11.8. The number of esters is 1. The van der Waals surface area contributed by atoms with Gasteiger partial charge in [0.15, 0.2) is 0 Å². The molecule has 0 saturated heterocycles. The van der Waals surface area contributed by atoms with E-state index in [9.17, 15) is 14.9 Å². The van der Waals surface area contributed by atoms with Crippen molar-refractivity contribution < 1.29 is 19.1 Å². The predicted molar refractivity (Wildman–Crippen MR) is 122 cm³/mol. The minimum absolute atomic E-state index is 0.0119. The van der Waals surface area contributed by atoms with E-state index in [4.69, 9.17) is 9.47 Å². The first-order chi connectivity index (χ1) is 15.4. The highest BCUT2D eigenvalue weighted by Crippen LogP contribution is 2.24. The van der Waals surface area contributed by atoms with E-state index in [-0.39, 0.29) is 5.57 Å². The summed E-state index contributed by atoms with van der Waals surface area (Å²) in [6, 6.07) is 17.8. The number of nitrogens with zero attached hydrogens (tertiary/aromatic N) is 2. The Kier molecular flexibility index (Phi) is 6.76. The summed E-state index contributed by atoms with van der Waals surface area (Å²) in [6.45, 7) is 3.84. The van der Waals surface area contributed by atoms with Gasteiger partial charge in [0, 0.05) is 22.8 Å². The summed E-state index contributed by atoms with van der Waals surface area (Å²) in [5, 5.41) is 12.3. The van der Waals surface area contributed by atoms with Crippen molar-refractivity contribution in [3.8, 4) is 17.5 Å². The highest BCUT2D eigenvalue weighted by Gasteiger charge is 2.15. The molecule has 3 rings (SSSR count). The van der Waals surface area contributed by atoms with Crippen LogP contribution >= 0.6 is 0 Å². The zero-order valence-electron chi connectivity index (χ0n) is 18.3. The number of amides is 1. The number of nitriles is 1. The van der Waals surface area contributed by atoms with Crippen LogP contribution in [-0.4, -0.2) is 30.7 Å². The van der Waals surface area contributed by atoms with Crippen molar-refractivity contribution in [2.75, 3.05) is 19.5 Å². The SMILES string of the molecule is COC(=O)c1ccc(-n2c(C)cc(/C=C(\C#N)C(=O)Nc3ccc(OC)cc3)c2C)cc1. The van der Waals surface area contributed by atoms with Crippen molar-refractivity contribution >= 4 is 23.6 Å². The van der Waals surface area contributed by atoms with Gasteiger partial charge in [-0.25, -0.2) is 4.79 Å². The molecular formula is C25H23N3O4. The first kappa shape index (κ1) is 22.4. The van der Waals surface area contributed by atoms with Gasteiger partial charge in [-0.05, 0) is 80.1 Å². The fourth-order valence-corrected chi connectivity index (χ4v) is 3.37. The van der Waals surface area contributed by atoms with Crippen LogP contribution < -0.4 is 10.1 Å². The number of hydrogen-bond donors (Lipinski definition) is 1. The van der Waals surface area contributed by atoms with E-state index < -0.39 is 11.9 Å². The number of carbonyl (C=O) groups excluding carboxylic acids is 2. The summed E-state index contributed by atoms with van der Waals surface area (Å²) in [4.78, 5) is 24.3. The molecule has 1 heterocycles. The number of ether oxygens (including phenoxy) is 2. The number of rotatable bonds is 6. The van der Waals surface area contributed by atoms with Gasteiger partial charge in [0.05, 0.1) is 19.8 Å². The molecule has 162 valence electrons. The van der Waals surface area contributed by atoms with Crippen molar-refractivity contribution in [3.05, 3.63) is 82.7 Å². The normalized spacial score (nSPS) is 10.9. The Hall–Kier alpha value is -4.31. The number of aromatic nitrogens is 1. The smallest absolute Gasteiger partial charge is 0.337 e. The molecule has 0 aliphatic carbocycles. The lowest BCUT2D eigenvalue weighted by Gasteiger charge is -2.10. The van der Waals surface area contributed by atoms with Crippen LogP contribution in [0.25, 0.3) is 11.8 Å². The molecule has 7 nitrogen and oxygen atoms in total. The Morgan fingerprint density at radius 3 is 2.25 bits per heavy atom. The van der Waals surface area contributed by atoms with Crippen LogP contribution in [0.2, 0.25) is 0 Å². The molecule has 0 aliphatic rings. The van der Waals surface area contributed by atoms with Crippen LogP contribution in [-0.2, 0) is 9.53 Å². The second kappa shape index (κ2) is 9.67. The summed E-state index contributed by atoms with van der Waals surface area (Å²) in [7, 11) is 2.90. The third kappa shape index (κ3) is 4.71. The third-order valence-corrected chi connectivity index (χ3v) is 5.03. The van der Waals surface area contributed by atoms with Crippen LogP contribution in [0.1, 0.15) is 27.3 Å². The number of hydrogen-bond acceptors (Lipinski definition) is 5. The quantitative estimate of drug-likeness (QED) is 0.355. The van der Waals surface area contributed by atoms with E-state index in [2.05, 4.69) is 5.32 Å². The van der Waals surface area contributed by atoms with Gasteiger partial charge < -0.3 is 19.4 Å². The lowest BCUT2D eigenvalue weighted by molar-refractivity contribution is -0.112. The molecule has 0 bridgehead atoms. The highest BCUT2D eigenvalue weighted by atomic mass is 16.5. The van der Waals surface area contributed by atoms with E-state index in [1.165, 1.54) is 7.11 Å². The van der Waals surface area contributed by atoms with Crippen LogP contribution in [0.4, 0.5) is 5.69 Å². The van der Waals surface area contributed by atoms with Crippen molar-refractivity contribution in [1.29, 1.82) is 5.26 Å². The van der Waals surface area contributed by atoms with Crippen molar-refractivity contribution in [2.24, 2.45) is 0 Å². The predicted octanol–water partition coefficient (Wildman–Crippen LogP) is 4.44. The number of methoxy groups -OCH3 is 2. The Morgan fingerprint density at radius 2 is 1.69 bits per heavy atom. The number of carbonyl (C=O) groups is 2. The molecule has 0 atom stereocenters. The minimum Gasteiger partial charge on any atom is -0.497 e. The summed E-state index contributed by atoms with van der Waals surface area (Å²) in [5.41, 5.74) is 4.40. The van der Waals surface area contributed by atoms with Crippen LogP contribution in [0.5, 0.6) is 5.75 Å². The van der Waals surface area contributed by atoms with Gasteiger partial charge in [-0.3, -0.25) is 4.79 Å². The first-order valence-corrected chi connectivity index (χ1v) is 9.82. The number of benzene rings is 2. The van der Waals surface area contributed by atoms with Crippen molar-refractivity contribution in [3.63, 3.8) is 0 Å². The molecule has 0 unspecified atom stereocenters. The molecule has 7 heteroatoms. The largest absolute Gasteiger partial charge is 0.497 e. The maximum absolute atomic E-state index is 12.6. The molecule has 1 aromatic heterocycles. The fourth-order valence-electron chi connectivity index (χ4n) is 3.37. The Bertz CT molecular complexity index is 1210. The molecule has 0 fully saturated rings. The van der Waals surface area contributed by atoms with Gasteiger partial charge in [0.25, 0.3) is 5.91 Å². The maximum atomic E-state index is 12.6. The van der Waals surface area contributed by atoms with Crippen molar-refractivity contribution in [2.45, 2.75) is 13.8 Å². The Morgan fingerprint density at radius 1 is 1.03 bits per heavy atom. The zero-order chi connectivity index (χ0) is 23.3. The number of aryl methyl sites for hydroxylation is 1. The van der Waals surface area contributed by atoms with Gasteiger partial charge in [0.1, 0.15) is 17.4 Å². The molecular weight excluding hydrogens is 406 g/mol.